The van der Waals surface area contributed by atoms with Gasteiger partial charge in [0.1, 0.15) is 29.6 Å². The summed E-state index contributed by atoms with van der Waals surface area (Å²) in [7, 11) is -1.75. The molecule has 3 heterocycles. The fourth-order valence-electron chi connectivity index (χ4n) is 4.19. The van der Waals surface area contributed by atoms with E-state index in [4.69, 9.17) is 30.5 Å². The van der Waals surface area contributed by atoms with Crippen molar-refractivity contribution >= 4 is 59.8 Å². The van der Waals surface area contributed by atoms with E-state index < -0.39 is 33.4 Å². The van der Waals surface area contributed by atoms with Gasteiger partial charge in [0.15, 0.2) is 27.4 Å². The minimum atomic E-state index is -3.30. The molecule has 0 bridgehead atoms. The molecule has 3 aromatic rings. The van der Waals surface area contributed by atoms with Crippen LogP contribution >= 0.6 is 27.5 Å². The lowest BCUT2D eigenvalue weighted by Gasteiger charge is -2.20. The maximum atomic E-state index is 12.0. The highest BCUT2D eigenvalue weighted by Gasteiger charge is 2.52. The number of hydrogen-bond acceptors (Lipinski definition) is 9. The van der Waals surface area contributed by atoms with E-state index in [9.17, 15) is 8.42 Å². The van der Waals surface area contributed by atoms with Gasteiger partial charge in [-0.3, -0.25) is 0 Å². The Kier molecular flexibility index (Phi) is 6.32. The van der Waals surface area contributed by atoms with Gasteiger partial charge in [0.2, 0.25) is 0 Å². The first kappa shape index (κ1) is 23.6. The average Bonchev–Trinajstić information content (AvgIpc) is 3.39. The van der Waals surface area contributed by atoms with Crippen LogP contribution in [0.1, 0.15) is 0 Å². The SMILES string of the molecule is COc1cc2c(Nc3ccc(Br)c(Cl)c3)ncnc2cc1O[C@@H]1COC2C1OCC2S(C)(=O)=O. The normalized spacial score (nSPS) is 24.2. The lowest BCUT2D eigenvalue weighted by Crippen LogP contribution is -2.37. The number of halogens is 2. The average molecular weight is 571 g/mol. The minimum Gasteiger partial charge on any atom is -0.493 e. The molecular weight excluding hydrogens is 550 g/mol. The fourth-order valence-corrected chi connectivity index (χ4v) is 5.66. The van der Waals surface area contributed by atoms with Crippen molar-refractivity contribution in [2.45, 2.75) is 23.6 Å². The van der Waals surface area contributed by atoms with Crippen molar-refractivity contribution in [1.29, 1.82) is 0 Å². The van der Waals surface area contributed by atoms with Crippen molar-refractivity contribution in [1.82, 2.24) is 9.97 Å². The third kappa shape index (κ3) is 4.42. The number of nitrogens with zero attached hydrogens (tertiary/aromatic N) is 2. The van der Waals surface area contributed by atoms with E-state index in [0.29, 0.717) is 27.9 Å². The van der Waals surface area contributed by atoms with E-state index in [1.807, 2.05) is 12.1 Å². The van der Waals surface area contributed by atoms with Crippen molar-refractivity contribution in [3.63, 3.8) is 0 Å². The number of benzene rings is 2. The molecule has 2 aliphatic rings. The Morgan fingerprint density at radius 2 is 1.91 bits per heavy atom. The zero-order chi connectivity index (χ0) is 24.0. The molecule has 2 aromatic carbocycles. The molecule has 3 unspecified atom stereocenters. The van der Waals surface area contributed by atoms with Gasteiger partial charge in [0.05, 0.1) is 30.9 Å². The van der Waals surface area contributed by atoms with Gasteiger partial charge in [0, 0.05) is 27.9 Å². The highest BCUT2D eigenvalue weighted by molar-refractivity contribution is 9.10. The van der Waals surface area contributed by atoms with Crippen molar-refractivity contribution in [2.75, 3.05) is 31.9 Å². The highest BCUT2D eigenvalue weighted by Crippen LogP contribution is 2.39. The van der Waals surface area contributed by atoms with E-state index in [1.165, 1.54) is 12.6 Å². The molecule has 4 atom stereocenters. The Hall–Kier alpha value is -2.18. The summed E-state index contributed by atoms with van der Waals surface area (Å²) in [5.74, 6) is 1.50. The molecule has 180 valence electrons. The second kappa shape index (κ2) is 9.12. The quantitative estimate of drug-likeness (QED) is 0.474. The molecular formula is C22H21BrClN3O6S. The van der Waals surface area contributed by atoms with Gasteiger partial charge < -0.3 is 24.3 Å². The van der Waals surface area contributed by atoms with E-state index in [0.717, 1.165) is 15.5 Å². The maximum Gasteiger partial charge on any atom is 0.164 e. The number of rotatable bonds is 6. The summed E-state index contributed by atoms with van der Waals surface area (Å²) < 4.78 is 48.1. The number of aromatic nitrogens is 2. The summed E-state index contributed by atoms with van der Waals surface area (Å²) >= 11 is 9.59. The first-order valence-electron chi connectivity index (χ1n) is 10.4. The van der Waals surface area contributed by atoms with Crippen LogP contribution in [-0.4, -0.2) is 68.5 Å². The van der Waals surface area contributed by atoms with Crippen LogP contribution in [0.4, 0.5) is 11.5 Å². The zero-order valence-electron chi connectivity index (χ0n) is 18.2. The lowest BCUT2D eigenvalue weighted by molar-refractivity contribution is 0.0299. The minimum absolute atomic E-state index is 0.0885. The first-order valence-corrected chi connectivity index (χ1v) is 13.5. The second-order valence-electron chi connectivity index (χ2n) is 8.12. The van der Waals surface area contributed by atoms with Gasteiger partial charge in [-0.05, 0) is 40.2 Å². The molecule has 1 N–H and O–H groups in total. The van der Waals surface area contributed by atoms with E-state index in [2.05, 4.69) is 31.2 Å². The Morgan fingerprint density at radius 1 is 1.12 bits per heavy atom. The summed E-state index contributed by atoms with van der Waals surface area (Å²) in [6, 6.07) is 9.05. The molecule has 0 radical (unpaired) electrons. The van der Waals surface area contributed by atoms with Crippen LogP contribution in [0.25, 0.3) is 10.9 Å². The largest absolute Gasteiger partial charge is 0.493 e. The van der Waals surface area contributed by atoms with Gasteiger partial charge in [-0.25, -0.2) is 18.4 Å². The van der Waals surface area contributed by atoms with Gasteiger partial charge >= 0.3 is 0 Å². The zero-order valence-corrected chi connectivity index (χ0v) is 21.4. The molecule has 0 amide bonds. The van der Waals surface area contributed by atoms with Crippen LogP contribution in [-0.2, 0) is 19.3 Å². The van der Waals surface area contributed by atoms with Crippen LogP contribution < -0.4 is 14.8 Å². The van der Waals surface area contributed by atoms with Gasteiger partial charge in [-0.15, -0.1) is 0 Å². The molecule has 2 aliphatic heterocycles. The smallest absolute Gasteiger partial charge is 0.164 e. The molecule has 1 aromatic heterocycles. The van der Waals surface area contributed by atoms with Crippen LogP contribution in [0.5, 0.6) is 11.5 Å². The Bertz CT molecular complexity index is 1360. The summed E-state index contributed by atoms with van der Waals surface area (Å²) in [6.07, 6.45) is 1.13. The summed E-state index contributed by atoms with van der Waals surface area (Å²) in [6.45, 7) is 0.300. The monoisotopic (exact) mass is 569 g/mol. The number of fused-ring (bicyclic) bond motifs is 2. The lowest BCUT2D eigenvalue weighted by atomic mass is 10.1. The van der Waals surface area contributed by atoms with Crippen LogP contribution in [0, 0.1) is 0 Å². The highest BCUT2D eigenvalue weighted by atomic mass is 79.9. The number of methoxy groups -OCH3 is 1. The summed E-state index contributed by atoms with van der Waals surface area (Å²) in [5, 5.41) is 3.86. The fraction of sp³-hybridized carbons (Fsp3) is 0.364. The number of nitrogens with one attached hydrogen (secondary N) is 1. The Morgan fingerprint density at radius 3 is 2.65 bits per heavy atom. The third-order valence-electron chi connectivity index (χ3n) is 5.89. The molecule has 34 heavy (non-hydrogen) atoms. The second-order valence-corrected chi connectivity index (χ2v) is 11.6. The number of hydrogen-bond donors (Lipinski definition) is 1. The molecule has 9 nitrogen and oxygen atoms in total. The van der Waals surface area contributed by atoms with Gasteiger partial charge in [0.25, 0.3) is 0 Å². The molecule has 2 saturated heterocycles. The van der Waals surface area contributed by atoms with Crippen molar-refractivity contribution in [3.8, 4) is 11.5 Å². The van der Waals surface area contributed by atoms with Crippen molar-refractivity contribution in [2.24, 2.45) is 0 Å². The van der Waals surface area contributed by atoms with Crippen molar-refractivity contribution < 1.29 is 27.4 Å². The summed E-state index contributed by atoms with van der Waals surface area (Å²) in [5.41, 5.74) is 1.40. The summed E-state index contributed by atoms with van der Waals surface area (Å²) in [4.78, 5) is 8.74. The molecule has 2 fully saturated rings. The third-order valence-corrected chi connectivity index (χ3v) is 8.63. The Balaban J connectivity index is 1.43. The van der Waals surface area contributed by atoms with E-state index >= 15 is 0 Å². The molecule has 12 heteroatoms. The van der Waals surface area contributed by atoms with Gasteiger partial charge in [-0.2, -0.15) is 0 Å². The molecule has 0 spiro atoms. The number of anilines is 2. The van der Waals surface area contributed by atoms with Crippen LogP contribution in [0.3, 0.4) is 0 Å². The molecule has 0 aliphatic carbocycles. The Labute approximate surface area is 209 Å². The topological polar surface area (TPSA) is 109 Å². The van der Waals surface area contributed by atoms with Crippen LogP contribution in [0.15, 0.2) is 41.1 Å². The van der Waals surface area contributed by atoms with Gasteiger partial charge in [-0.1, -0.05) is 11.6 Å². The first-order chi connectivity index (χ1) is 16.2. The number of sulfone groups is 1. The van der Waals surface area contributed by atoms with Crippen molar-refractivity contribution in [3.05, 3.63) is 46.2 Å². The maximum absolute atomic E-state index is 12.0. The predicted octanol–water partition coefficient (Wildman–Crippen LogP) is 3.76. The predicted molar refractivity (Wildman–Crippen MR) is 131 cm³/mol. The van der Waals surface area contributed by atoms with Crippen LogP contribution in [0.2, 0.25) is 5.02 Å². The molecule has 5 rings (SSSR count). The molecule has 0 saturated carbocycles. The number of ether oxygens (including phenoxy) is 4. The van der Waals surface area contributed by atoms with E-state index in [1.54, 1.807) is 25.3 Å². The van der Waals surface area contributed by atoms with E-state index in [-0.39, 0.29) is 13.2 Å². The standard InChI is InChI=1S/C22H21BrClN3O6S/c1-30-16-6-12-15(25-10-26-22(12)27-11-3-4-13(23)14(24)5-11)7-17(16)33-18-8-31-21-19(34(2,28)29)9-32-20(18)21/h3-7,10,18-21H,8-9H2,1-2H3,(H,25,26,27)/t18-,19?,20?,21?/m1/s1.